The smallest absolute Gasteiger partial charge is 0.253 e. The van der Waals surface area contributed by atoms with Crippen molar-refractivity contribution >= 4 is 35.0 Å². The van der Waals surface area contributed by atoms with Gasteiger partial charge in [-0.1, -0.05) is 30.1 Å². The van der Waals surface area contributed by atoms with Crippen LogP contribution in [0.15, 0.2) is 18.2 Å². The van der Waals surface area contributed by atoms with Gasteiger partial charge in [-0.2, -0.15) is 0 Å². The maximum Gasteiger partial charge on any atom is 0.253 e. The lowest BCUT2D eigenvalue weighted by molar-refractivity contribution is -0.129. The van der Waals surface area contributed by atoms with Crippen molar-refractivity contribution in [3.05, 3.63) is 33.8 Å². The van der Waals surface area contributed by atoms with E-state index in [4.69, 9.17) is 23.2 Å². The van der Waals surface area contributed by atoms with Gasteiger partial charge in [-0.25, -0.2) is 0 Å². The second kappa shape index (κ2) is 9.24. The normalized spacial score (nSPS) is 21.4. The summed E-state index contributed by atoms with van der Waals surface area (Å²) in [6, 6.07) is 5.11. The fourth-order valence-electron chi connectivity index (χ4n) is 3.75. The molecule has 148 valence electrons. The fraction of sp³-hybridized carbons (Fsp3) is 0.579. The van der Waals surface area contributed by atoms with E-state index in [1.54, 1.807) is 12.1 Å². The average molecular weight is 413 g/mol. The Balaban J connectivity index is 1.46. The number of carbonyl (C=O) groups excluding carboxylic acids is 2. The Hall–Kier alpha value is -1.34. The molecule has 0 aliphatic carbocycles. The summed E-state index contributed by atoms with van der Waals surface area (Å²) in [6.45, 7) is 9.07. The van der Waals surface area contributed by atoms with E-state index in [1.807, 2.05) is 4.90 Å². The SMILES string of the molecule is CCN1CCN(C2CCN(C(=O)CNC(=O)c3ccc(Cl)cc3Cl)C2)CC1. The van der Waals surface area contributed by atoms with Gasteiger partial charge in [-0.15, -0.1) is 0 Å². The van der Waals surface area contributed by atoms with Crippen molar-refractivity contribution in [2.45, 2.75) is 19.4 Å². The first-order valence-corrected chi connectivity index (χ1v) is 10.2. The predicted octanol–water partition coefficient (Wildman–Crippen LogP) is 1.96. The highest BCUT2D eigenvalue weighted by atomic mass is 35.5. The number of amides is 2. The Bertz CT molecular complexity index is 692. The van der Waals surface area contributed by atoms with Crippen LogP contribution in [-0.4, -0.2) is 84.9 Å². The third-order valence-corrected chi connectivity index (χ3v) is 6.01. The van der Waals surface area contributed by atoms with Crippen molar-refractivity contribution in [1.29, 1.82) is 0 Å². The van der Waals surface area contributed by atoms with Crippen LogP contribution in [0.5, 0.6) is 0 Å². The van der Waals surface area contributed by atoms with Gasteiger partial charge in [0.25, 0.3) is 5.91 Å². The quantitative estimate of drug-likeness (QED) is 0.802. The third kappa shape index (κ3) is 5.13. The zero-order chi connectivity index (χ0) is 19.4. The molecule has 6 nitrogen and oxygen atoms in total. The minimum absolute atomic E-state index is 0.0197. The number of likely N-dealkylation sites (tertiary alicyclic amines) is 1. The lowest BCUT2D eigenvalue weighted by Gasteiger charge is -2.37. The summed E-state index contributed by atoms with van der Waals surface area (Å²) in [5.74, 6) is -0.417. The van der Waals surface area contributed by atoms with E-state index in [0.717, 1.165) is 52.2 Å². The molecule has 2 fully saturated rings. The molecule has 1 aromatic rings. The monoisotopic (exact) mass is 412 g/mol. The first-order valence-electron chi connectivity index (χ1n) is 9.45. The number of piperazine rings is 1. The van der Waals surface area contributed by atoms with Gasteiger partial charge < -0.3 is 15.1 Å². The number of nitrogens with one attached hydrogen (secondary N) is 1. The number of nitrogens with zero attached hydrogens (tertiary/aromatic N) is 3. The van der Waals surface area contributed by atoms with Crippen LogP contribution in [0.4, 0.5) is 0 Å². The van der Waals surface area contributed by atoms with Crippen LogP contribution in [0.25, 0.3) is 0 Å². The maximum absolute atomic E-state index is 12.5. The molecular weight excluding hydrogens is 387 g/mol. The summed E-state index contributed by atoms with van der Waals surface area (Å²) in [5.41, 5.74) is 0.321. The van der Waals surface area contributed by atoms with E-state index in [9.17, 15) is 9.59 Å². The van der Waals surface area contributed by atoms with Crippen LogP contribution >= 0.6 is 23.2 Å². The molecule has 0 bridgehead atoms. The number of carbonyl (C=O) groups is 2. The van der Waals surface area contributed by atoms with Gasteiger partial charge in [-0.3, -0.25) is 14.5 Å². The second-order valence-corrected chi connectivity index (χ2v) is 7.90. The number of hydrogen-bond donors (Lipinski definition) is 1. The highest BCUT2D eigenvalue weighted by Crippen LogP contribution is 2.21. The fourth-order valence-corrected chi connectivity index (χ4v) is 4.24. The van der Waals surface area contributed by atoms with Gasteiger partial charge in [0.05, 0.1) is 17.1 Å². The van der Waals surface area contributed by atoms with Crippen molar-refractivity contribution in [3.63, 3.8) is 0 Å². The number of benzene rings is 1. The second-order valence-electron chi connectivity index (χ2n) is 7.06. The molecule has 1 atom stereocenters. The lowest BCUT2D eigenvalue weighted by atomic mass is 10.2. The highest BCUT2D eigenvalue weighted by Gasteiger charge is 2.31. The van der Waals surface area contributed by atoms with E-state index in [0.29, 0.717) is 16.6 Å². The van der Waals surface area contributed by atoms with E-state index in [-0.39, 0.29) is 23.4 Å². The molecule has 1 aromatic carbocycles. The summed E-state index contributed by atoms with van der Waals surface area (Å²) >= 11 is 11.9. The van der Waals surface area contributed by atoms with Crippen LogP contribution in [0, 0.1) is 0 Å². The lowest BCUT2D eigenvalue weighted by Crippen LogP contribution is -2.51. The van der Waals surface area contributed by atoms with Crippen LogP contribution in [0.3, 0.4) is 0 Å². The first-order chi connectivity index (χ1) is 13.0. The zero-order valence-electron chi connectivity index (χ0n) is 15.6. The summed E-state index contributed by atoms with van der Waals surface area (Å²) in [5, 5.41) is 3.41. The molecule has 0 saturated carbocycles. The molecule has 2 heterocycles. The molecule has 3 rings (SSSR count). The minimum atomic E-state index is -0.364. The van der Waals surface area contributed by atoms with E-state index in [2.05, 4.69) is 22.0 Å². The van der Waals surface area contributed by atoms with Crippen LogP contribution < -0.4 is 5.32 Å². The number of hydrogen-bond acceptors (Lipinski definition) is 4. The standard InChI is InChI=1S/C19H26Cl2N4O2/c1-2-23-7-9-24(10-8-23)15-5-6-25(13-15)18(26)12-22-19(27)16-4-3-14(20)11-17(16)21/h3-4,11,15H,2,5-10,12-13H2,1H3,(H,22,27). The van der Waals surface area contributed by atoms with Gasteiger partial charge in [0, 0.05) is 50.3 Å². The number of rotatable bonds is 5. The first kappa shape index (κ1) is 20.4. The molecule has 2 saturated heterocycles. The minimum Gasteiger partial charge on any atom is -0.343 e. The molecule has 0 radical (unpaired) electrons. The van der Waals surface area contributed by atoms with E-state index >= 15 is 0 Å². The molecule has 2 aliphatic heterocycles. The predicted molar refractivity (Wildman–Crippen MR) is 107 cm³/mol. The maximum atomic E-state index is 12.5. The molecule has 1 unspecified atom stereocenters. The molecule has 1 N–H and O–H groups in total. The van der Waals surface area contributed by atoms with Crippen molar-refractivity contribution < 1.29 is 9.59 Å². The third-order valence-electron chi connectivity index (χ3n) is 5.46. The molecule has 8 heteroatoms. The van der Waals surface area contributed by atoms with Gasteiger partial charge in [0.15, 0.2) is 0 Å². The summed E-state index contributed by atoms with van der Waals surface area (Å²) in [7, 11) is 0. The Morgan fingerprint density at radius 1 is 1.15 bits per heavy atom. The van der Waals surface area contributed by atoms with Crippen molar-refractivity contribution in [3.8, 4) is 0 Å². The number of halogens is 2. The zero-order valence-corrected chi connectivity index (χ0v) is 17.1. The molecule has 0 spiro atoms. The van der Waals surface area contributed by atoms with Crippen LogP contribution in [-0.2, 0) is 4.79 Å². The Morgan fingerprint density at radius 2 is 1.89 bits per heavy atom. The van der Waals surface area contributed by atoms with Gasteiger partial charge in [-0.05, 0) is 31.2 Å². The van der Waals surface area contributed by atoms with Crippen molar-refractivity contribution in [1.82, 2.24) is 20.0 Å². The van der Waals surface area contributed by atoms with Crippen LogP contribution in [0.2, 0.25) is 10.0 Å². The summed E-state index contributed by atoms with van der Waals surface area (Å²) < 4.78 is 0. The van der Waals surface area contributed by atoms with E-state index in [1.165, 1.54) is 6.07 Å². The Labute approximate surface area is 170 Å². The molecule has 2 aliphatic rings. The Morgan fingerprint density at radius 3 is 2.56 bits per heavy atom. The average Bonchev–Trinajstić information content (AvgIpc) is 3.16. The van der Waals surface area contributed by atoms with Crippen molar-refractivity contribution in [2.75, 3.05) is 52.4 Å². The largest absolute Gasteiger partial charge is 0.343 e. The Kier molecular flexibility index (Phi) is 6.98. The van der Waals surface area contributed by atoms with Crippen molar-refractivity contribution in [2.24, 2.45) is 0 Å². The highest BCUT2D eigenvalue weighted by molar-refractivity contribution is 6.36. The van der Waals surface area contributed by atoms with Crippen LogP contribution in [0.1, 0.15) is 23.7 Å². The topological polar surface area (TPSA) is 55.9 Å². The van der Waals surface area contributed by atoms with Gasteiger partial charge >= 0.3 is 0 Å². The molecule has 27 heavy (non-hydrogen) atoms. The molecule has 2 amide bonds. The summed E-state index contributed by atoms with van der Waals surface area (Å²) in [4.78, 5) is 31.5. The van der Waals surface area contributed by atoms with Gasteiger partial charge in [0.2, 0.25) is 5.91 Å². The van der Waals surface area contributed by atoms with E-state index < -0.39 is 0 Å². The van der Waals surface area contributed by atoms with Gasteiger partial charge in [0.1, 0.15) is 0 Å². The molecular formula is C19H26Cl2N4O2. The molecule has 0 aromatic heterocycles. The number of likely N-dealkylation sites (N-methyl/N-ethyl adjacent to an activating group) is 1. The summed E-state index contributed by atoms with van der Waals surface area (Å²) in [6.07, 6.45) is 0.995.